The summed E-state index contributed by atoms with van der Waals surface area (Å²) in [5, 5.41) is 9.17. The molecule has 19 heavy (non-hydrogen) atoms. The number of carboxylic acids is 1. The van der Waals surface area contributed by atoms with E-state index >= 15 is 0 Å². The largest absolute Gasteiger partial charge is 0.477 e. The molecule has 0 spiro atoms. The highest BCUT2D eigenvalue weighted by molar-refractivity contribution is 8.04. The Morgan fingerprint density at radius 1 is 1.47 bits per heavy atom. The maximum atomic E-state index is 11.4. The average molecular weight is 284 g/mol. The van der Waals surface area contributed by atoms with E-state index in [9.17, 15) is 14.7 Å². The summed E-state index contributed by atoms with van der Waals surface area (Å²) in [6, 6.07) is 0. The standard InChI is InChI=1S/C11H16N4O3S/c12-11(13)14-4-2-1-3-6-9(10(17)18)15-7(16)5-8(15)19-6/h8H,1-5H2,(H,17,18)(H4,12,13,14)/t8-/m1/s1. The van der Waals surface area contributed by atoms with Gasteiger partial charge in [-0.15, -0.1) is 11.8 Å². The number of nitrogens with zero attached hydrogens (tertiary/aromatic N) is 2. The normalized spacial score (nSPS) is 21.2. The van der Waals surface area contributed by atoms with E-state index < -0.39 is 5.97 Å². The van der Waals surface area contributed by atoms with Crippen LogP contribution in [0.1, 0.15) is 25.7 Å². The zero-order valence-electron chi connectivity index (χ0n) is 10.3. The number of amides is 1. The number of hydrogen-bond donors (Lipinski definition) is 3. The predicted molar refractivity (Wildman–Crippen MR) is 72.0 cm³/mol. The fourth-order valence-corrected chi connectivity index (χ4v) is 3.55. The zero-order valence-corrected chi connectivity index (χ0v) is 11.2. The Kier molecular flexibility index (Phi) is 3.98. The predicted octanol–water partition coefficient (Wildman–Crippen LogP) is 0.0315. The van der Waals surface area contributed by atoms with Gasteiger partial charge in [0, 0.05) is 11.4 Å². The maximum absolute atomic E-state index is 11.4. The fourth-order valence-electron chi connectivity index (χ4n) is 2.11. The van der Waals surface area contributed by atoms with Gasteiger partial charge in [0.15, 0.2) is 5.96 Å². The average Bonchev–Trinajstić information content (AvgIpc) is 2.61. The van der Waals surface area contributed by atoms with Crippen LogP contribution in [0.4, 0.5) is 0 Å². The quantitative estimate of drug-likeness (QED) is 0.274. The van der Waals surface area contributed by atoms with Gasteiger partial charge in [-0.1, -0.05) is 0 Å². The number of unbranched alkanes of at least 4 members (excludes halogenated alkanes) is 1. The van der Waals surface area contributed by atoms with Crippen LogP contribution < -0.4 is 11.5 Å². The Bertz CT molecular complexity index is 471. The number of hydrogen-bond acceptors (Lipinski definition) is 4. The van der Waals surface area contributed by atoms with Gasteiger partial charge in [0.05, 0.1) is 11.8 Å². The number of carbonyl (C=O) groups is 2. The maximum Gasteiger partial charge on any atom is 0.353 e. The molecule has 0 aliphatic carbocycles. The van der Waals surface area contributed by atoms with Crippen LogP contribution in [0.5, 0.6) is 0 Å². The SMILES string of the molecule is NC(N)=NCCCCC1=C(C(=O)O)N2C(=O)C[C@H]2S1. The number of aliphatic imine (C=N–C) groups is 1. The first kappa shape index (κ1) is 13.7. The van der Waals surface area contributed by atoms with Crippen LogP contribution in [0.3, 0.4) is 0 Å². The second kappa shape index (κ2) is 5.52. The van der Waals surface area contributed by atoms with Crippen molar-refractivity contribution < 1.29 is 14.7 Å². The number of nitrogens with two attached hydrogens (primary N) is 2. The Morgan fingerprint density at radius 3 is 2.79 bits per heavy atom. The number of rotatable bonds is 6. The first-order chi connectivity index (χ1) is 9.00. The number of thioether (sulfide) groups is 1. The molecule has 1 fully saturated rings. The van der Waals surface area contributed by atoms with Crippen molar-refractivity contribution in [2.75, 3.05) is 6.54 Å². The van der Waals surface area contributed by atoms with Crippen LogP contribution in [0.2, 0.25) is 0 Å². The number of aliphatic carboxylic acids is 1. The lowest BCUT2D eigenvalue weighted by Crippen LogP contribution is -2.48. The van der Waals surface area contributed by atoms with Gasteiger partial charge in [-0.3, -0.25) is 14.7 Å². The van der Waals surface area contributed by atoms with E-state index in [1.54, 1.807) is 0 Å². The van der Waals surface area contributed by atoms with Gasteiger partial charge < -0.3 is 16.6 Å². The van der Waals surface area contributed by atoms with Gasteiger partial charge in [-0.2, -0.15) is 0 Å². The highest BCUT2D eigenvalue weighted by Crippen LogP contribution is 2.47. The fraction of sp³-hybridized carbons (Fsp3) is 0.545. The van der Waals surface area contributed by atoms with E-state index in [0.29, 0.717) is 19.4 Å². The molecule has 0 radical (unpaired) electrons. The third-order valence-corrected chi connectivity index (χ3v) is 4.33. The van der Waals surface area contributed by atoms with Crippen molar-refractivity contribution in [2.24, 2.45) is 16.5 Å². The topological polar surface area (TPSA) is 122 Å². The van der Waals surface area contributed by atoms with E-state index in [0.717, 1.165) is 17.7 Å². The number of carboxylic acid groups (broad SMARTS) is 1. The van der Waals surface area contributed by atoms with Crippen molar-refractivity contribution in [1.29, 1.82) is 0 Å². The van der Waals surface area contributed by atoms with Gasteiger partial charge in [0.2, 0.25) is 5.91 Å². The molecule has 0 aromatic rings. The molecule has 1 amide bonds. The number of β-lactam (4-membered cyclic amide) rings is 1. The lowest BCUT2D eigenvalue weighted by molar-refractivity contribution is -0.145. The van der Waals surface area contributed by atoms with Crippen molar-refractivity contribution in [1.82, 2.24) is 4.90 Å². The Hall–Kier alpha value is -1.70. The molecule has 2 aliphatic rings. The lowest BCUT2D eigenvalue weighted by atomic mass is 10.1. The molecular formula is C11H16N4O3S. The molecule has 2 heterocycles. The number of carbonyl (C=O) groups excluding carboxylic acids is 1. The highest BCUT2D eigenvalue weighted by Gasteiger charge is 2.47. The van der Waals surface area contributed by atoms with Crippen LogP contribution in [0.25, 0.3) is 0 Å². The van der Waals surface area contributed by atoms with Crippen molar-refractivity contribution in [2.45, 2.75) is 31.1 Å². The van der Waals surface area contributed by atoms with Gasteiger partial charge in [0.1, 0.15) is 5.70 Å². The monoisotopic (exact) mass is 284 g/mol. The summed E-state index contributed by atoms with van der Waals surface area (Å²) in [4.78, 5) is 28.6. The second-order valence-corrected chi connectivity index (χ2v) is 5.65. The van der Waals surface area contributed by atoms with Crippen LogP contribution >= 0.6 is 11.8 Å². The van der Waals surface area contributed by atoms with E-state index in [4.69, 9.17) is 11.5 Å². The molecule has 8 heteroatoms. The molecule has 1 saturated heterocycles. The molecule has 0 aromatic heterocycles. The van der Waals surface area contributed by atoms with Gasteiger partial charge in [-0.25, -0.2) is 4.79 Å². The van der Waals surface area contributed by atoms with E-state index in [1.165, 1.54) is 16.7 Å². The van der Waals surface area contributed by atoms with Crippen molar-refractivity contribution in [3.63, 3.8) is 0 Å². The third-order valence-electron chi connectivity index (χ3n) is 3.00. The van der Waals surface area contributed by atoms with Crippen LogP contribution in [-0.2, 0) is 9.59 Å². The third kappa shape index (κ3) is 2.83. The molecular weight excluding hydrogens is 268 g/mol. The molecule has 0 bridgehead atoms. The van der Waals surface area contributed by atoms with Crippen molar-refractivity contribution >= 4 is 29.6 Å². The smallest absolute Gasteiger partial charge is 0.353 e. The summed E-state index contributed by atoms with van der Waals surface area (Å²) in [6.07, 6.45) is 2.66. The molecule has 1 atom stereocenters. The Morgan fingerprint density at radius 2 is 2.21 bits per heavy atom. The summed E-state index contributed by atoms with van der Waals surface area (Å²) >= 11 is 1.48. The van der Waals surface area contributed by atoms with Gasteiger partial charge >= 0.3 is 5.97 Å². The highest BCUT2D eigenvalue weighted by atomic mass is 32.2. The van der Waals surface area contributed by atoms with Crippen LogP contribution in [0.15, 0.2) is 15.6 Å². The van der Waals surface area contributed by atoms with Gasteiger partial charge in [0.25, 0.3) is 0 Å². The Balaban J connectivity index is 1.91. The van der Waals surface area contributed by atoms with Crippen molar-refractivity contribution in [3.05, 3.63) is 10.6 Å². The molecule has 2 rings (SSSR count). The Labute approximate surface area is 114 Å². The molecule has 5 N–H and O–H groups in total. The van der Waals surface area contributed by atoms with Crippen LogP contribution in [-0.4, -0.2) is 39.8 Å². The van der Waals surface area contributed by atoms with Crippen LogP contribution in [0, 0.1) is 0 Å². The molecule has 0 unspecified atom stereocenters. The molecule has 0 saturated carbocycles. The minimum absolute atomic E-state index is 0.00805. The number of fused-ring (bicyclic) bond motifs is 1. The summed E-state index contributed by atoms with van der Waals surface area (Å²) in [6.45, 7) is 0.536. The molecule has 7 nitrogen and oxygen atoms in total. The van der Waals surface area contributed by atoms with E-state index in [1.807, 2.05) is 0 Å². The van der Waals surface area contributed by atoms with Crippen molar-refractivity contribution in [3.8, 4) is 0 Å². The number of allylic oxidation sites excluding steroid dienone is 1. The van der Waals surface area contributed by atoms with E-state index in [-0.39, 0.29) is 22.9 Å². The minimum Gasteiger partial charge on any atom is -0.477 e. The summed E-state index contributed by atoms with van der Waals surface area (Å²) in [7, 11) is 0. The molecule has 0 aromatic carbocycles. The first-order valence-corrected chi connectivity index (χ1v) is 6.89. The molecule has 104 valence electrons. The second-order valence-electron chi connectivity index (χ2n) is 4.38. The lowest BCUT2D eigenvalue weighted by Gasteiger charge is -2.33. The summed E-state index contributed by atoms with van der Waals surface area (Å²) in [5.41, 5.74) is 10.6. The zero-order chi connectivity index (χ0) is 14.0. The van der Waals surface area contributed by atoms with Gasteiger partial charge in [-0.05, 0) is 19.3 Å². The number of guanidine groups is 1. The summed E-state index contributed by atoms with van der Waals surface area (Å²) < 4.78 is 0. The first-order valence-electron chi connectivity index (χ1n) is 6.01. The van der Waals surface area contributed by atoms with E-state index in [2.05, 4.69) is 4.99 Å². The minimum atomic E-state index is -1.03. The summed E-state index contributed by atoms with van der Waals surface area (Å²) in [5.74, 6) is -1.07. The molecule has 2 aliphatic heterocycles.